The number of rotatable bonds is 1. The quantitative estimate of drug-likeness (QED) is 0.503. The second-order valence-electron chi connectivity index (χ2n) is 8.22. The smallest absolute Gasteiger partial charge is 0.000877 e. The standard InChI is InChI=1S/C20H32/c1-13(2)17-8-7-16(5)20-11-10-15(4)18(20)9-6-14(3)12-19(17)20/h12-13,16-17,19H,6-11H2,1-5H3/t16-,17+,19-,20-/m1/s1. The predicted molar refractivity (Wildman–Crippen MR) is 87.6 cm³/mol. The van der Waals surface area contributed by atoms with Crippen LogP contribution < -0.4 is 0 Å². The van der Waals surface area contributed by atoms with Gasteiger partial charge in [0.2, 0.25) is 0 Å². The summed E-state index contributed by atoms with van der Waals surface area (Å²) in [6.07, 6.45) is 11.1. The molecule has 1 spiro atoms. The van der Waals surface area contributed by atoms with Crippen molar-refractivity contribution < 1.29 is 0 Å². The summed E-state index contributed by atoms with van der Waals surface area (Å²) in [6, 6.07) is 0. The average Bonchev–Trinajstić information content (AvgIpc) is 2.62. The second kappa shape index (κ2) is 5.04. The Kier molecular flexibility index (Phi) is 3.63. The average molecular weight is 272 g/mol. The number of hydrogen-bond donors (Lipinski definition) is 0. The molecule has 0 heterocycles. The first-order chi connectivity index (χ1) is 9.46. The van der Waals surface area contributed by atoms with Crippen LogP contribution in [0.25, 0.3) is 0 Å². The molecular formula is C20H32. The minimum atomic E-state index is 0.537. The molecule has 0 heteroatoms. The fourth-order valence-electron chi connectivity index (χ4n) is 5.77. The van der Waals surface area contributed by atoms with Crippen molar-refractivity contribution in [3.05, 3.63) is 22.8 Å². The van der Waals surface area contributed by atoms with E-state index in [-0.39, 0.29) is 0 Å². The van der Waals surface area contributed by atoms with Gasteiger partial charge in [0.1, 0.15) is 0 Å². The molecule has 20 heavy (non-hydrogen) atoms. The Hall–Kier alpha value is -0.520. The van der Waals surface area contributed by atoms with Gasteiger partial charge >= 0.3 is 0 Å². The summed E-state index contributed by atoms with van der Waals surface area (Å²) < 4.78 is 0. The molecule has 0 aromatic heterocycles. The summed E-state index contributed by atoms with van der Waals surface area (Å²) in [7, 11) is 0. The van der Waals surface area contributed by atoms with Crippen molar-refractivity contribution >= 4 is 0 Å². The molecule has 0 N–H and O–H groups in total. The molecule has 0 nitrogen and oxygen atoms in total. The molecule has 3 aliphatic rings. The second-order valence-corrected chi connectivity index (χ2v) is 8.22. The van der Waals surface area contributed by atoms with Crippen molar-refractivity contribution in [1.82, 2.24) is 0 Å². The highest BCUT2D eigenvalue weighted by Crippen LogP contribution is 2.63. The zero-order chi connectivity index (χ0) is 14.5. The molecule has 0 unspecified atom stereocenters. The van der Waals surface area contributed by atoms with Gasteiger partial charge in [0.25, 0.3) is 0 Å². The van der Waals surface area contributed by atoms with E-state index in [1.807, 2.05) is 5.57 Å². The minimum absolute atomic E-state index is 0.537. The first-order valence-electron chi connectivity index (χ1n) is 8.83. The van der Waals surface area contributed by atoms with Gasteiger partial charge < -0.3 is 0 Å². The van der Waals surface area contributed by atoms with Crippen LogP contribution in [-0.2, 0) is 0 Å². The molecule has 1 saturated carbocycles. The molecule has 1 fully saturated rings. The molecule has 3 aliphatic carbocycles. The molecule has 0 bridgehead atoms. The molecule has 0 aromatic rings. The van der Waals surface area contributed by atoms with Gasteiger partial charge in [-0.05, 0) is 76.0 Å². The molecule has 3 rings (SSSR count). The van der Waals surface area contributed by atoms with E-state index < -0.39 is 0 Å². The molecule has 4 atom stereocenters. The highest BCUT2D eigenvalue weighted by Gasteiger charge is 2.53. The van der Waals surface area contributed by atoms with E-state index in [9.17, 15) is 0 Å². The maximum Gasteiger partial charge on any atom is 0.000877 e. The fourth-order valence-corrected chi connectivity index (χ4v) is 5.77. The molecule has 112 valence electrons. The van der Waals surface area contributed by atoms with Crippen LogP contribution in [0.3, 0.4) is 0 Å². The van der Waals surface area contributed by atoms with Crippen molar-refractivity contribution in [2.24, 2.45) is 29.1 Å². The lowest BCUT2D eigenvalue weighted by Gasteiger charge is -2.52. The summed E-state index contributed by atoms with van der Waals surface area (Å²) in [5.41, 5.74) is 5.82. The van der Waals surface area contributed by atoms with Gasteiger partial charge in [0, 0.05) is 5.41 Å². The Balaban J connectivity index is 2.13. The minimum Gasteiger partial charge on any atom is -0.0813 e. The number of allylic oxidation sites excluding steroid dienone is 4. The van der Waals surface area contributed by atoms with Crippen LogP contribution in [0.15, 0.2) is 22.8 Å². The van der Waals surface area contributed by atoms with Crippen molar-refractivity contribution in [3.63, 3.8) is 0 Å². The molecule has 0 saturated heterocycles. The van der Waals surface area contributed by atoms with E-state index in [1.54, 1.807) is 11.1 Å². The van der Waals surface area contributed by atoms with E-state index in [4.69, 9.17) is 0 Å². The topological polar surface area (TPSA) is 0 Å². The van der Waals surface area contributed by atoms with Crippen molar-refractivity contribution in [2.75, 3.05) is 0 Å². The first-order valence-corrected chi connectivity index (χ1v) is 8.83. The Morgan fingerprint density at radius 1 is 1.10 bits per heavy atom. The van der Waals surface area contributed by atoms with E-state index in [0.717, 1.165) is 23.7 Å². The summed E-state index contributed by atoms with van der Waals surface area (Å²) >= 11 is 0. The molecule has 0 aliphatic heterocycles. The van der Waals surface area contributed by atoms with Crippen LogP contribution in [0.2, 0.25) is 0 Å². The van der Waals surface area contributed by atoms with E-state index in [0.29, 0.717) is 5.41 Å². The van der Waals surface area contributed by atoms with Crippen molar-refractivity contribution in [2.45, 2.75) is 73.1 Å². The van der Waals surface area contributed by atoms with Gasteiger partial charge in [-0.3, -0.25) is 0 Å². The maximum atomic E-state index is 2.71. The van der Waals surface area contributed by atoms with Crippen LogP contribution in [0.1, 0.15) is 73.1 Å². The van der Waals surface area contributed by atoms with E-state index >= 15 is 0 Å². The van der Waals surface area contributed by atoms with Gasteiger partial charge in [0.05, 0.1) is 0 Å². The largest absolute Gasteiger partial charge is 0.0813 e. The van der Waals surface area contributed by atoms with Gasteiger partial charge in [-0.1, -0.05) is 43.6 Å². The van der Waals surface area contributed by atoms with Crippen molar-refractivity contribution in [1.29, 1.82) is 0 Å². The van der Waals surface area contributed by atoms with E-state index in [2.05, 4.69) is 40.7 Å². The van der Waals surface area contributed by atoms with Crippen LogP contribution in [0.5, 0.6) is 0 Å². The van der Waals surface area contributed by atoms with Gasteiger partial charge in [-0.15, -0.1) is 0 Å². The SMILES string of the molecule is CC1=C[C@@H]2[C@H](C(C)C)CC[C@@H](C)[C@@]23CCC(C)=C3CC1. The lowest BCUT2D eigenvalue weighted by molar-refractivity contribution is 0.0298. The van der Waals surface area contributed by atoms with Crippen LogP contribution >= 0.6 is 0 Å². The molecule has 0 aromatic carbocycles. The van der Waals surface area contributed by atoms with Crippen molar-refractivity contribution in [3.8, 4) is 0 Å². The van der Waals surface area contributed by atoms with Gasteiger partial charge in [-0.2, -0.15) is 0 Å². The third kappa shape index (κ3) is 1.94. The molecular weight excluding hydrogens is 240 g/mol. The fraction of sp³-hybridized carbons (Fsp3) is 0.800. The van der Waals surface area contributed by atoms with E-state index in [1.165, 1.54) is 38.5 Å². The highest BCUT2D eigenvalue weighted by molar-refractivity contribution is 5.35. The van der Waals surface area contributed by atoms with Crippen LogP contribution in [0, 0.1) is 29.1 Å². The predicted octanol–water partition coefficient (Wildman–Crippen LogP) is 6.14. The summed E-state index contributed by atoms with van der Waals surface area (Å²) in [5.74, 6) is 3.44. The van der Waals surface area contributed by atoms with Gasteiger partial charge in [-0.25, -0.2) is 0 Å². The zero-order valence-electron chi connectivity index (χ0n) is 14.1. The Morgan fingerprint density at radius 3 is 2.55 bits per heavy atom. The lowest BCUT2D eigenvalue weighted by Crippen LogP contribution is -2.45. The first kappa shape index (κ1) is 14.4. The maximum absolute atomic E-state index is 2.71. The third-order valence-corrected chi connectivity index (χ3v) is 6.95. The Bertz CT molecular complexity index is 451. The lowest BCUT2D eigenvalue weighted by atomic mass is 9.52. The van der Waals surface area contributed by atoms with Gasteiger partial charge in [0.15, 0.2) is 0 Å². The van der Waals surface area contributed by atoms with Crippen LogP contribution in [-0.4, -0.2) is 0 Å². The van der Waals surface area contributed by atoms with Crippen LogP contribution in [0.4, 0.5) is 0 Å². The molecule has 0 radical (unpaired) electrons. The Labute approximate surface area is 125 Å². The monoisotopic (exact) mass is 272 g/mol. The number of hydrogen-bond acceptors (Lipinski definition) is 0. The molecule has 0 amide bonds. The summed E-state index contributed by atoms with van der Waals surface area (Å²) in [4.78, 5) is 0. The third-order valence-electron chi connectivity index (χ3n) is 6.95. The summed E-state index contributed by atoms with van der Waals surface area (Å²) in [6.45, 7) is 12.3. The zero-order valence-corrected chi connectivity index (χ0v) is 14.1. The normalized spacial score (nSPS) is 41.3. The Morgan fingerprint density at radius 2 is 1.85 bits per heavy atom. The highest BCUT2D eigenvalue weighted by atomic mass is 14.6. The summed E-state index contributed by atoms with van der Waals surface area (Å²) in [5, 5.41) is 0.